The van der Waals surface area contributed by atoms with Gasteiger partial charge in [0.25, 0.3) is 9.76 Å². The molecule has 0 aliphatic carbocycles. The molecule has 0 radical (unpaired) electrons. The van der Waals surface area contributed by atoms with E-state index in [2.05, 4.69) is 6.58 Å². The molecule has 0 atom stereocenters. The lowest BCUT2D eigenvalue weighted by Gasteiger charge is -2.17. The molecule has 3 nitrogen and oxygen atoms in total. The Bertz CT molecular complexity index is 335. The lowest BCUT2D eigenvalue weighted by Crippen LogP contribution is -2.28. The molecule has 94 valence electrons. The highest BCUT2D eigenvalue weighted by Crippen LogP contribution is 2.14. The van der Waals surface area contributed by atoms with Crippen LogP contribution in [0.1, 0.15) is 19.4 Å². The van der Waals surface area contributed by atoms with Crippen molar-refractivity contribution in [3.63, 3.8) is 0 Å². The van der Waals surface area contributed by atoms with Crippen LogP contribution in [0.15, 0.2) is 30.8 Å². The Balaban J connectivity index is 2.49. The molecule has 0 unspecified atom stereocenters. The molecule has 0 aliphatic heterocycles. The molecule has 1 aromatic rings. The zero-order valence-corrected chi connectivity index (χ0v) is 11.9. The van der Waals surface area contributed by atoms with Crippen molar-refractivity contribution < 1.29 is 13.9 Å². The van der Waals surface area contributed by atoms with Crippen LogP contribution in [0.25, 0.3) is 6.08 Å². The Hall–Kier alpha value is -1.10. The van der Waals surface area contributed by atoms with Gasteiger partial charge >= 0.3 is 0 Å². The van der Waals surface area contributed by atoms with Crippen molar-refractivity contribution in [1.29, 1.82) is 0 Å². The highest BCUT2D eigenvalue weighted by molar-refractivity contribution is 6.29. The minimum atomic E-state index is -0.897. The van der Waals surface area contributed by atoms with Crippen LogP contribution in [0.2, 0.25) is 0 Å². The van der Waals surface area contributed by atoms with Crippen molar-refractivity contribution in [2.75, 3.05) is 13.2 Å². The summed E-state index contributed by atoms with van der Waals surface area (Å²) in [5.41, 5.74) is 1.06. The van der Waals surface area contributed by atoms with Gasteiger partial charge in [0.1, 0.15) is 5.75 Å². The van der Waals surface area contributed by atoms with Crippen LogP contribution >= 0.6 is 0 Å². The number of rotatable bonds is 8. The van der Waals surface area contributed by atoms with Crippen LogP contribution in [-0.4, -0.2) is 28.9 Å². The van der Waals surface area contributed by atoms with Crippen LogP contribution in [0.4, 0.5) is 0 Å². The van der Waals surface area contributed by atoms with E-state index < -0.39 is 9.76 Å². The summed E-state index contributed by atoms with van der Waals surface area (Å²) >= 11 is 0. The molecule has 17 heavy (non-hydrogen) atoms. The normalized spacial score (nSPS) is 11.2. The van der Waals surface area contributed by atoms with E-state index in [-0.39, 0.29) is 5.91 Å². The maximum atomic E-state index is 5.76. The SMILES string of the molecule is C=Cc1cccc(O[SiH2]C(OCC)OCC)c1. The maximum Gasteiger partial charge on any atom is 0.278 e. The first-order valence-corrected chi connectivity index (χ1v) is 7.28. The average Bonchev–Trinajstić information content (AvgIpc) is 2.37. The van der Waals surface area contributed by atoms with Crippen molar-refractivity contribution in [1.82, 2.24) is 0 Å². The third kappa shape index (κ3) is 5.17. The van der Waals surface area contributed by atoms with Gasteiger partial charge in [-0.3, -0.25) is 0 Å². The summed E-state index contributed by atoms with van der Waals surface area (Å²) in [5.74, 6) is 0.691. The third-order valence-corrected chi connectivity index (χ3v) is 3.43. The Morgan fingerprint density at radius 2 is 2.00 bits per heavy atom. The van der Waals surface area contributed by atoms with E-state index in [1.165, 1.54) is 0 Å². The third-order valence-electron chi connectivity index (χ3n) is 2.18. The summed E-state index contributed by atoms with van der Waals surface area (Å²) in [6.45, 7) is 8.94. The summed E-state index contributed by atoms with van der Waals surface area (Å²) in [6.07, 6.45) is 1.80. The van der Waals surface area contributed by atoms with E-state index in [0.29, 0.717) is 13.2 Å². The Morgan fingerprint density at radius 3 is 2.59 bits per heavy atom. The molecule has 0 aromatic heterocycles. The number of benzene rings is 1. The van der Waals surface area contributed by atoms with Crippen molar-refractivity contribution in [2.45, 2.75) is 19.8 Å². The summed E-state index contributed by atoms with van der Waals surface area (Å²) < 4.78 is 16.7. The molecule has 0 bridgehead atoms. The fourth-order valence-corrected chi connectivity index (χ4v) is 2.58. The Labute approximate surface area is 105 Å². The zero-order chi connectivity index (χ0) is 12.5. The second-order valence-corrected chi connectivity index (χ2v) is 4.72. The van der Waals surface area contributed by atoms with Crippen LogP contribution in [-0.2, 0) is 9.47 Å². The summed E-state index contributed by atoms with van der Waals surface area (Å²) in [6, 6.07) is 7.85. The first-order valence-electron chi connectivity index (χ1n) is 5.88. The van der Waals surface area contributed by atoms with Crippen LogP contribution in [0, 0.1) is 0 Å². The maximum absolute atomic E-state index is 5.76. The fourth-order valence-electron chi connectivity index (χ4n) is 1.41. The van der Waals surface area contributed by atoms with Gasteiger partial charge < -0.3 is 13.9 Å². The molecule has 0 heterocycles. The van der Waals surface area contributed by atoms with E-state index in [4.69, 9.17) is 13.9 Å². The fraction of sp³-hybridized carbons (Fsp3) is 0.385. The van der Waals surface area contributed by atoms with Crippen molar-refractivity contribution >= 4 is 15.8 Å². The van der Waals surface area contributed by atoms with Gasteiger partial charge in [-0.1, -0.05) is 24.8 Å². The molecule has 1 aromatic carbocycles. The molecular formula is C13H20O3Si. The van der Waals surface area contributed by atoms with E-state index in [1.807, 2.05) is 38.1 Å². The van der Waals surface area contributed by atoms with E-state index in [1.54, 1.807) is 6.08 Å². The molecule has 1 rings (SSSR count). The van der Waals surface area contributed by atoms with E-state index in [0.717, 1.165) is 11.3 Å². The zero-order valence-electron chi connectivity index (χ0n) is 10.5. The molecule has 0 saturated heterocycles. The lowest BCUT2D eigenvalue weighted by atomic mass is 10.2. The molecular weight excluding hydrogens is 232 g/mol. The number of ether oxygens (including phenoxy) is 2. The van der Waals surface area contributed by atoms with Gasteiger partial charge in [-0.2, -0.15) is 0 Å². The first-order chi connectivity index (χ1) is 8.30. The second-order valence-electron chi connectivity index (χ2n) is 3.43. The predicted octanol–water partition coefficient (Wildman–Crippen LogP) is 2.15. The smallest absolute Gasteiger partial charge is 0.278 e. The van der Waals surface area contributed by atoms with Crippen molar-refractivity contribution in [3.8, 4) is 5.75 Å². The number of hydrogen-bond acceptors (Lipinski definition) is 3. The quantitative estimate of drug-likeness (QED) is 0.524. The Kier molecular flexibility index (Phi) is 6.62. The molecule has 0 saturated carbocycles. The second kappa shape index (κ2) is 8.06. The summed E-state index contributed by atoms with van der Waals surface area (Å²) in [7, 11) is -0.897. The van der Waals surface area contributed by atoms with Gasteiger partial charge in [0, 0.05) is 13.2 Å². The van der Waals surface area contributed by atoms with Crippen LogP contribution < -0.4 is 4.43 Å². The highest BCUT2D eigenvalue weighted by Gasteiger charge is 2.10. The average molecular weight is 252 g/mol. The van der Waals surface area contributed by atoms with Gasteiger partial charge in [0.05, 0.1) is 0 Å². The van der Waals surface area contributed by atoms with Crippen LogP contribution in [0.3, 0.4) is 0 Å². The minimum absolute atomic E-state index is 0.169. The van der Waals surface area contributed by atoms with Gasteiger partial charge in [0.2, 0.25) is 0 Å². The van der Waals surface area contributed by atoms with E-state index >= 15 is 0 Å². The molecule has 0 aliphatic rings. The molecule has 4 heteroatoms. The van der Waals surface area contributed by atoms with Gasteiger partial charge in [-0.05, 0) is 31.5 Å². The molecule has 0 spiro atoms. The van der Waals surface area contributed by atoms with Gasteiger partial charge in [0.15, 0.2) is 5.91 Å². The monoisotopic (exact) mass is 252 g/mol. The predicted molar refractivity (Wildman–Crippen MR) is 72.7 cm³/mol. The topological polar surface area (TPSA) is 27.7 Å². The van der Waals surface area contributed by atoms with Crippen molar-refractivity contribution in [3.05, 3.63) is 36.4 Å². The first kappa shape index (κ1) is 14.0. The largest absolute Gasteiger partial charge is 0.544 e. The lowest BCUT2D eigenvalue weighted by molar-refractivity contribution is -0.0871. The minimum Gasteiger partial charge on any atom is -0.544 e. The van der Waals surface area contributed by atoms with E-state index in [9.17, 15) is 0 Å². The van der Waals surface area contributed by atoms with Crippen molar-refractivity contribution in [2.24, 2.45) is 0 Å². The standard InChI is InChI=1S/C13H20O3Si/c1-4-11-8-7-9-12(10-11)16-17-13(14-5-2)15-6-3/h4,7-10,13H,1,5-6,17H2,2-3H3. The highest BCUT2D eigenvalue weighted by atomic mass is 28.2. The molecule has 0 N–H and O–H groups in total. The van der Waals surface area contributed by atoms with Gasteiger partial charge in [-0.25, -0.2) is 0 Å². The molecule has 0 amide bonds. The molecule has 0 fully saturated rings. The summed E-state index contributed by atoms with van der Waals surface area (Å²) in [4.78, 5) is 0. The van der Waals surface area contributed by atoms with Gasteiger partial charge in [-0.15, -0.1) is 0 Å². The Morgan fingerprint density at radius 1 is 1.29 bits per heavy atom. The number of hydrogen-bond donors (Lipinski definition) is 0. The van der Waals surface area contributed by atoms with Crippen LogP contribution in [0.5, 0.6) is 5.75 Å². The summed E-state index contributed by atoms with van der Waals surface area (Å²) in [5, 5.41) is 0.